The van der Waals surface area contributed by atoms with Crippen molar-refractivity contribution in [3.8, 4) is 16.9 Å². The van der Waals surface area contributed by atoms with Gasteiger partial charge in [0.2, 0.25) is 0 Å². The molecule has 0 aliphatic carbocycles. The molecule has 0 spiro atoms. The van der Waals surface area contributed by atoms with Gasteiger partial charge in [-0.05, 0) is 78.9 Å². The number of aromatic nitrogens is 2. The highest BCUT2D eigenvalue weighted by Crippen LogP contribution is 2.73. The van der Waals surface area contributed by atoms with Crippen molar-refractivity contribution in [2.24, 2.45) is 0 Å². The van der Waals surface area contributed by atoms with Gasteiger partial charge in [-0.3, -0.25) is 4.98 Å². The lowest BCUT2D eigenvalue weighted by Crippen LogP contribution is -2.06. The number of benzene rings is 7. The lowest BCUT2D eigenvalue weighted by atomic mass is 10.1. The van der Waals surface area contributed by atoms with Gasteiger partial charge < -0.3 is 4.57 Å². The zero-order chi connectivity index (χ0) is 37.8. The van der Waals surface area contributed by atoms with Crippen molar-refractivity contribution in [3.05, 3.63) is 194 Å². The highest BCUT2D eigenvalue weighted by molar-refractivity contribution is 8.34. The summed E-state index contributed by atoms with van der Waals surface area (Å²) in [6, 6.07) is 69.0. The number of nitrogens with zero attached hydrogens (tertiary/aromatic N) is 2. The first kappa shape index (κ1) is 36.1. The molecule has 3 aromatic heterocycles. The predicted molar refractivity (Wildman–Crippen MR) is 240 cm³/mol. The minimum Gasteiger partial charge on any atom is -0.309 e. The molecular weight excluding hydrogens is 705 g/mol. The molecule has 4 heteroatoms. The second-order valence-corrected chi connectivity index (χ2v) is 16.9. The van der Waals surface area contributed by atoms with Crippen LogP contribution in [-0.2, 0) is 0 Å². The van der Waals surface area contributed by atoms with E-state index in [0.717, 1.165) is 16.9 Å². The van der Waals surface area contributed by atoms with Gasteiger partial charge in [0.15, 0.2) is 0 Å². The Bertz CT molecular complexity index is 2780. The largest absolute Gasteiger partial charge is 0.309 e. The summed E-state index contributed by atoms with van der Waals surface area (Å²) >= 11 is 1.83. The number of para-hydroxylation sites is 2. The highest BCUT2D eigenvalue weighted by atomic mass is 32.3. The normalized spacial score (nSPS) is 11.6. The van der Waals surface area contributed by atoms with Crippen molar-refractivity contribution in [2.75, 3.05) is 0 Å². The maximum absolute atomic E-state index is 5.04. The van der Waals surface area contributed by atoms with Crippen LogP contribution in [0.3, 0.4) is 0 Å². The fraction of sp³-hybridized carbons (Fsp3) is 0.0784. The maximum Gasteiger partial charge on any atom is 0.0880 e. The molecule has 0 aliphatic rings. The molecule has 10 aromatic rings. The molecular formula is C51H44N2S2. The summed E-state index contributed by atoms with van der Waals surface area (Å²) in [7, 11) is -1.98. The summed E-state index contributed by atoms with van der Waals surface area (Å²) in [6.07, 6.45) is 1.97. The van der Waals surface area contributed by atoms with Crippen molar-refractivity contribution in [3.63, 3.8) is 0 Å². The van der Waals surface area contributed by atoms with E-state index in [0.29, 0.717) is 0 Å². The molecule has 0 aliphatic heterocycles. The Morgan fingerprint density at radius 1 is 0.436 bits per heavy atom. The Hall–Kier alpha value is -5.94. The number of fused-ring (bicyclic) bond motifs is 6. The van der Waals surface area contributed by atoms with E-state index in [1.807, 2.05) is 45.2 Å². The summed E-state index contributed by atoms with van der Waals surface area (Å²) in [5.41, 5.74) is 5.73. The van der Waals surface area contributed by atoms with Gasteiger partial charge >= 0.3 is 0 Å². The van der Waals surface area contributed by atoms with Crippen molar-refractivity contribution in [1.82, 2.24) is 9.55 Å². The van der Waals surface area contributed by atoms with E-state index in [9.17, 15) is 0 Å². The van der Waals surface area contributed by atoms with Crippen molar-refractivity contribution in [2.45, 2.75) is 47.3 Å². The van der Waals surface area contributed by atoms with Gasteiger partial charge in [-0.2, -0.15) is 0 Å². The molecule has 0 radical (unpaired) electrons. The minimum atomic E-state index is -1.98. The second kappa shape index (κ2) is 15.8. The van der Waals surface area contributed by atoms with E-state index in [-0.39, 0.29) is 0 Å². The van der Waals surface area contributed by atoms with Crippen LogP contribution in [-0.4, -0.2) is 9.55 Å². The summed E-state index contributed by atoms with van der Waals surface area (Å²) in [6.45, 7) is 8.00. The van der Waals surface area contributed by atoms with Gasteiger partial charge in [0.05, 0.1) is 21.4 Å². The van der Waals surface area contributed by atoms with Crippen LogP contribution in [0.5, 0.6) is 0 Å². The summed E-state index contributed by atoms with van der Waals surface area (Å²) < 4.78 is 4.94. The number of thiophene rings is 1. The van der Waals surface area contributed by atoms with Crippen LogP contribution >= 0.6 is 21.4 Å². The first-order valence-corrected chi connectivity index (χ1v) is 21.6. The Labute approximate surface area is 329 Å². The molecule has 0 amide bonds. The first-order valence-electron chi connectivity index (χ1n) is 19.2. The third-order valence-corrected chi connectivity index (χ3v) is 15.0. The van der Waals surface area contributed by atoms with E-state index >= 15 is 0 Å². The van der Waals surface area contributed by atoms with Gasteiger partial charge in [0, 0.05) is 63.3 Å². The molecule has 2 nitrogen and oxygen atoms in total. The molecule has 0 atom stereocenters. The summed E-state index contributed by atoms with van der Waals surface area (Å²) in [5.74, 6) is 0. The number of hydrogen-bond acceptors (Lipinski definition) is 2. The maximum atomic E-state index is 5.04. The Balaban J connectivity index is 0.00000104. The van der Waals surface area contributed by atoms with Crippen molar-refractivity contribution in [1.29, 1.82) is 0 Å². The molecule has 7 aromatic carbocycles. The smallest absolute Gasteiger partial charge is 0.0880 e. The predicted octanol–water partition coefficient (Wildman–Crippen LogP) is 15.6. The van der Waals surface area contributed by atoms with Crippen LogP contribution in [0.1, 0.15) is 27.7 Å². The lowest BCUT2D eigenvalue weighted by molar-refractivity contribution is 1.15. The molecule has 55 heavy (non-hydrogen) atoms. The van der Waals surface area contributed by atoms with E-state index in [4.69, 9.17) is 4.98 Å². The average molecular weight is 749 g/mol. The van der Waals surface area contributed by atoms with E-state index in [1.54, 1.807) is 0 Å². The number of hydrogen-bond donors (Lipinski definition) is 0. The lowest BCUT2D eigenvalue weighted by Gasteiger charge is -2.42. The van der Waals surface area contributed by atoms with Crippen LogP contribution in [0.2, 0.25) is 0 Å². The monoisotopic (exact) mass is 748 g/mol. The Morgan fingerprint density at radius 2 is 0.945 bits per heavy atom. The van der Waals surface area contributed by atoms with E-state index < -0.39 is 10.0 Å². The zero-order valence-electron chi connectivity index (χ0n) is 31.7. The molecule has 0 unspecified atom stereocenters. The van der Waals surface area contributed by atoms with Crippen LogP contribution in [0.25, 0.3) is 58.9 Å². The third kappa shape index (κ3) is 6.12. The second-order valence-electron chi connectivity index (χ2n) is 12.8. The zero-order valence-corrected chi connectivity index (χ0v) is 33.3. The fourth-order valence-electron chi connectivity index (χ4n) is 7.77. The highest BCUT2D eigenvalue weighted by Gasteiger charge is 2.34. The van der Waals surface area contributed by atoms with Crippen LogP contribution in [0.15, 0.2) is 214 Å². The molecule has 270 valence electrons. The molecule has 3 heterocycles. The van der Waals surface area contributed by atoms with Gasteiger partial charge in [-0.1, -0.05) is 137 Å². The van der Waals surface area contributed by atoms with Gasteiger partial charge in [-0.15, -0.1) is 21.4 Å². The molecule has 0 saturated heterocycles. The van der Waals surface area contributed by atoms with Gasteiger partial charge in [-0.25, -0.2) is 0 Å². The summed E-state index contributed by atoms with van der Waals surface area (Å²) in [5, 5.41) is 5.07. The van der Waals surface area contributed by atoms with E-state index in [2.05, 4.69) is 193 Å². The molecule has 0 bridgehead atoms. The quantitative estimate of drug-likeness (QED) is 0.166. The van der Waals surface area contributed by atoms with Crippen LogP contribution < -0.4 is 0 Å². The Kier molecular flexibility index (Phi) is 10.4. The average Bonchev–Trinajstić information content (AvgIpc) is 3.83. The van der Waals surface area contributed by atoms with Gasteiger partial charge in [0.25, 0.3) is 0 Å². The Morgan fingerprint density at radius 3 is 1.58 bits per heavy atom. The molecule has 0 saturated carbocycles. The molecule has 0 N–H and O–H groups in total. The van der Waals surface area contributed by atoms with Crippen LogP contribution in [0.4, 0.5) is 0 Å². The van der Waals surface area contributed by atoms with E-state index in [1.165, 1.54) is 61.6 Å². The van der Waals surface area contributed by atoms with Crippen LogP contribution in [0, 0.1) is 0 Å². The minimum absolute atomic E-state index is 1.03. The topological polar surface area (TPSA) is 17.8 Å². The first-order chi connectivity index (χ1) is 27.3. The summed E-state index contributed by atoms with van der Waals surface area (Å²) in [4.78, 5) is 10.2. The molecule has 0 fully saturated rings. The fourth-order valence-corrected chi connectivity index (χ4v) is 12.9. The SMILES string of the molecule is CC.CC.c1ccc(S(c2ccccc2)(c2cccc(-c3nccc4c3sc3ccccc34)c2)c2cccc(-n3c4ccccc4c4ccccc43)c2)cc1. The molecule has 10 rings (SSSR count). The standard InChI is InChI=1S/C47H32N2S2.2C2H6/c1-3-17-35(18-4-1)51(36-19-5-2-6-20-36,37-21-13-15-33(31-37)46-47-42(29-30-48-46)41-25-9-12-28-45(41)50-47)38-22-14-16-34(32-38)49-43-26-10-7-23-39(43)40-24-8-11-27-44(40)49;2*1-2/h1-32H;2*1-2H3. The third-order valence-electron chi connectivity index (χ3n) is 9.96. The number of pyridine rings is 1. The van der Waals surface area contributed by atoms with Gasteiger partial charge in [0.1, 0.15) is 0 Å². The number of rotatable bonds is 6. The van der Waals surface area contributed by atoms with Crippen molar-refractivity contribution < 1.29 is 0 Å². The van der Waals surface area contributed by atoms with Crippen molar-refractivity contribution >= 4 is 63.3 Å².